The van der Waals surface area contributed by atoms with Crippen LogP contribution in [0.1, 0.15) is 11.1 Å². The fraction of sp³-hybridized carbons (Fsp3) is 0.172. The molecular formula is C29H29NO3. The van der Waals surface area contributed by atoms with Crippen molar-refractivity contribution in [2.75, 3.05) is 18.1 Å². The van der Waals surface area contributed by atoms with Crippen molar-refractivity contribution in [2.45, 2.75) is 18.9 Å². The number of nitrogens with zero attached hydrogens (tertiary/aromatic N) is 1. The van der Waals surface area contributed by atoms with Gasteiger partial charge in [-0.2, -0.15) is 0 Å². The van der Waals surface area contributed by atoms with E-state index >= 15 is 0 Å². The van der Waals surface area contributed by atoms with Crippen LogP contribution in [-0.4, -0.2) is 29.5 Å². The second kappa shape index (κ2) is 11.3. The molecule has 0 aliphatic rings. The van der Waals surface area contributed by atoms with Gasteiger partial charge in [-0.1, -0.05) is 60.7 Å². The van der Waals surface area contributed by atoms with Gasteiger partial charge in [0.1, 0.15) is 18.5 Å². The molecule has 4 aromatic rings. The first kappa shape index (κ1) is 22.6. The summed E-state index contributed by atoms with van der Waals surface area (Å²) in [6.07, 6.45) is 1.02. The summed E-state index contributed by atoms with van der Waals surface area (Å²) < 4.78 is 5.47. The van der Waals surface area contributed by atoms with Crippen LogP contribution in [0.4, 0.5) is 17.1 Å². The first-order valence-electron chi connectivity index (χ1n) is 11.2. The Bertz CT molecular complexity index is 1060. The molecule has 0 fully saturated rings. The summed E-state index contributed by atoms with van der Waals surface area (Å²) in [5.41, 5.74) is 5.90. The van der Waals surface area contributed by atoms with Gasteiger partial charge in [-0.25, -0.2) is 0 Å². The van der Waals surface area contributed by atoms with Gasteiger partial charge in [0.2, 0.25) is 0 Å². The molecule has 4 nitrogen and oxygen atoms in total. The number of benzene rings is 4. The molecule has 0 radical (unpaired) electrons. The van der Waals surface area contributed by atoms with Crippen LogP contribution in [0, 0.1) is 0 Å². The summed E-state index contributed by atoms with van der Waals surface area (Å²) >= 11 is 0. The Kier molecular flexibility index (Phi) is 7.75. The Morgan fingerprint density at radius 2 is 1.06 bits per heavy atom. The Hall–Kier alpha value is -3.60. The van der Waals surface area contributed by atoms with Crippen molar-refractivity contribution in [3.05, 3.63) is 120 Å². The van der Waals surface area contributed by atoms with Crippen LogP contribution < -0.4 is 9.64 Å². The highest BCUT2D eigenvalue weighted by molar-refractivity contribution is 5.76. The summed E-state index contributed by atoms with van der Waals surface area (Å²) in [6.45, 7) is -0.212. The van der Waals surface area contributed by atoms with Crippen molar-refractivity contribution in [1.82, 2.24) is 0 Å². The minimum Gasteiger partial charge on any atom is -0.491 e. The van der Waals surface area contributed by atoms with Gasteiger partial charge in [-0.3, -0.25) is 0 Å². The van der Waals surface area contributed by atoms with E-state index in [1.807, 2.05) is 36.4 Å². The van der Waals surface area contributed by atoms with E-state index in [1.165, 1.54) is 11.1 Å². The third-order valence-corrected chi connectivity index (χ3v) is 5.50. The average Bonchev–Trinajstić information content (AvgIpc) is 2.89. The number of ether oxygens (including phenoxy) is 1. The molecular weight excluding hydrogens is 410 g/mol. The molecule has 4 heteroatoms. The van der Waals surface area contributed by atoms with E-state index in [-0.39, 0.29) is 13.2 Å². The van der Waals surface area contributed by atoms with Crippen LogP contribution in [0.25, 0.3) is 0 Å². The molecule has 0 aromatic heterocycles. The minimum absolute atomic E-state index is 0.0885. The normalized spacial score (nSPS) is 11.7. The molecule has 4 rings (SSSR count). The third-order valence-electron chi connectivity index (χ3n) is 5.50. The fourth-order valence-corrected chi connectivity index (χ4v) is 3.70. The second-order valence-corrected chi connectivity index (χ2v) is 7.96. The lowest BCUT2D eigenvalue weighted by atomic mass is 10.0. The predicted molar refractivity (Wildman–Crippen MR) is 134 cm³/mol. The molecule has 0 amide bonds. The van der Waals surface area contributed by atoms with Crippen molar-refractivity contribution in [2.24, 2.45) is 0 Å². The highest BCUT2D eigenvalue weighted by Gasteiger charge is 2.11. The second-order valence-electron chi connectivity index (χ2n) is 7.96. The van der Waals surface area contributed by atoms with E-state index in [9.17, 15) is 5.11 Å². The van der Waals surface area contributed by atoms with E-state index in [2.05, 4.69) is 77.7 Å². The van der Waals surface area contributed by atoms with E-state index in [0.717, 1.165) is 29.9 Å². The Morgan fingerprint density at radius 1 is 0.606 bits per heavy atom. The first-order valence-corrected chi connectivity index (χ1v) is 11.2. The van der Waals surface area contributed by atoms with Crippen LogP contribution in [0.3, 0.4) is 0 Å². The molecule has 0 aliphatic heterocycles. The zero-order valence-electron chi connectivity index (χ0n) is 18.5. The molecule has 0 heterocycles. The highest BCUT2D eigenvalue weighted by Crippen LogP contribution is 2.34. The standard InChI is InChI=1S/C29H29NO3/c31-21-28(32)22-33-29-19-15-24(16-20-29)12-11-23-13-17-27(18-14-23)30(25-7-3-1-4-8-25)26-9-5-2-6-10-26/h1-10,13-20,28,31-32H,11-12,21-22H2. The summed E-state index contributed by atoms with van der Waals surface area (Å²) in [7, 11) is 0. The van der Waals surface area contributed by atoms with Gasteiger partial charge in [0, 0.05) is 17.1 Å². The Labute approximate surface area is 195 Å². The molecule has 0 spiro atoms. The van der Waals surface area contributed by atoms with Crippen molar-refractivity contribution in [3.63, 3.8) is 0 Å². The largest absolute Gasteiger partial charge is 0.491 e. The lowest BCUT2D eigenvalue weighted by molar-refractivity contribution is 0.0536. The van der Waals surface area contributed by atoms with Gasteiger partial charge in [0.05, 0.1) is 6.61 Å². The van der Waals surface area contributed by atoms with Gasteiger partial charge in [-0.05, 0) is 72.5 Å². The number of rotatable bonds is 10. The summed E-state index contributed by atoms with van der Waals surface area (Å²) in [6, 6.07) is 37.4. The average molecular weight is 440 g/mol. The quantitative estimate of drug-likeness (QED) is 0.334. The summed E-state index contributed by atoms with van der Waals surface area (Å²) in [5.74, 6) is 0.692. The SMILES string of the molecule is OCC(O)COc1ccc(CCc2ccc(N(c3ccccc3)c3ccccc3)cc2)cc1. The van der Waals surface area contributed by atoms with Gasteiger partial charge in [-0.15, -0.1) is 0 Å². The number of aryl methyl sites for hydroxylation is 2. The number of hydrogen-bond acceptors (Lipinski definition) is 4. The van der Waals surface area contributed by atoms with E-state index in [0.29, 0.717) is 5.75 Å². The van der Waals surface area contributed by atoms with Crippen LogP contribution >= 0.6 is 0 Å². The maximum Gasteiger partial charge on any atom is 0.119 e. The van der Waals surface area contributed by atoms with Crippen molar-refractivity contribution < 1.29 is 14.9 Å². The lowest BCUT2D eigenvalue weighted by Gasteiger charge is -2.25. The van der Waals surface area contributed by atoms with Gasteiger partial charge < -0.3 is 19.8 Å². The van der Waals surface area contributed by atoms with Crippen molar-refractivity contribution in [1.29, 1.82) is 0 Å². The zero-order chi connectivity index (χ0) is 22.9. The molecule has 0 bridgehead atoms. The zero-order valence-corrected chi connectivity index (χ0v) is 18.5. The lowest BCUT2D eigenvalue weighted by Crippen LogP contribution is -2.21. The fourth-order valence-electron chi connectivity index (χ4n) is 3.70. The predicted octanol–water partition coefficient (Wildman–Crippen LogP) is 5.67. The minimum atomic E-state index is -0.854. The summed E-state index contributed by atoms with van der Waals surface area (Å²) in [5, 5.41) is 18.3. The number of anilines is 3. The molecule has 0 saturated heterocycles. The number of hydrogen-bond donors (Lipinski definition) is 2. The molecule has 2 N–H and O–H groups in total. The highest BCUT2D eigenvalue weighted by atomic mass is 16.5. The van der Waals surface area contributed by atoms with Crippen molar-refractivity contribution >= 4 is 17.1 Å². The first-order chi connectivity index (χ1) is 16.2. The Balaban J connectivity index is 1.41. The maximum atomic E-state index is 9.39. The van der Waals surface area contributed by atoms with Gasteiger partial charge >= 0.3 is 0 Å². The molecule has 4 aromatic carbocycles. The molecule has 0 saturated carbocycles. The molecule has 1 atom stereocenters. The van der Waals surface area contributed by atoms with Crippen LogP contribution in [0.15, 0.2) is 109 Å². The molecule has 168 valence electrons. The summed E-state index contributed by atoms with van der Waals surface area (Å²) in [4.78, 5) is 2.26. The molecule has 1 unspecified atom stereocenters. The van der Waals surface area contributed by atoms with Gasteiger partial charge in [0.15, 0.2) is 0 Å². The molecule has 33 heavy (non-hydrogen) atoms. The Morgan fingerprint density at radius 3 is 1.55 bits per heavy atom. The number of aliphatic hydroxyl groups excluding tert-OH is 2. The third kappa shape index (κ3) is 6.22. The maximum absolute atomic E-state index is 9.39. The topological polar surface area (TPSA) is 52.9 Å². The van der Waals surface area contributed by atoms with Crippen LogP contribution in [0.5, 0.6) is 5.75 Å². The molecule has 0 aliphatic carbocycles. The number of aliphatic hydroxyl groups is 2. The monoisotopic (exact) mass is 439 g/mol. The smallest absolute Gasteiger partial charge is 0.119 e. The van der Waals surface area contributed by atoms with E-state index in [4.69, 9.17) is 9.84 Å². The van der Waals surface area contributed by atoms with Crippen LogP contribution in [-0.2, 0) is 12.8 Å². The van der Waals surface area contributed by atoms with Gasteiger partial charge in [0.25, 0.3) is 0 Å². The van der Waals surface area contributed by atoms with E-state index < -0.39 is 6.10 Å². The van der Waals surface area contributed by atoms with Crippen molar-refractivity contribution in [3.8, 4) is 5.75 Å². The number of para-hydroxylation sites is 2. The van der Waals surface area contributed by atoms with Crippen LogP contribution in [0.2, 0.25) is 0 Å². The van der Waals surface area contributed by atoms with E-state index in [1.54, 1.807) is 0 Å².